The summed E-state index contributed by atoms with van der Waals surface area (Å²) in [5.74, 6) is -0.690. The molecule has 0 fully saturated rings. The lowest BCUT2D eigenvalue weighted by molar-refractivity contribution is -0.139. The van der Waals surface area contributed by atoms with Gasteiger partial charge in [-0.1, -0.05) is 35.3 Å². The molecule has 2 heterocycles. The molecule has 1 atom stereocenters. The second kappa shape index (κ2) is 10.5. The molecule has 0 saturated carbocycles. The SMILES string of the molecule is O=C(Nc1cncc(-c2cccc(Cl)c2)c1)c1ccc(Oc2cc3c(cc2Cl)C(C(=O)O)CCO3)cc1. The van der Waals surface area contributed by atoms with Gasteiger partial charge in [-0.2, -0.15) is 0 Å². The molecule has 4 aromatic rings. The molecule has 0 aliphatic carbocycles. The Kier molecular flexibility index (Phi) is 6.99. The predicted molar refractivity (Wildman–Crippen MR) is 141 cm³/mol. The van der Waals surface area contributed by atoms with Gasteiger partial charge in [0.2, 0.25) is 0 Å². The average molecular weight is 535 g/mol. The third-order valence-electron chi connectivity index (χ3n) is 5.90. The summed E-state index contributed by atoms with van der Waals surface area (Å²) in [4.78, 5) is 28.5. The number of fused-ring (bicyclic) bond motifs is 1. The van der Waals surface area contributed by atoms with Crippen LogP contribution in [0.5, 0.6) is 17.2 Å². The summed E-state index contributed by atoms with van der Waals surface area (Å²) in [5, 5.41) is 13.2. The summed E-state index contributed by atoms with van der Waals surface area (Å²) in [7, 11) is 0. The van der Waals surface area contributed by atoms with Gasteiger partial charge >= 0.3 is 5.97 Å². The number of ether oxygens (including phenoxy) is 2. The number of nitrogens with zero attached hydrogens (tertiary/aromatic N) is 1. The highest BCUT2D eigenvalue weighted by molar-refractivity contribution is 6.32. The van der Waals surface area contributed by atoms with Crippen molar-refractivity contribution in [2.24, 2.45) is 0 Å². The third-order valence-corrected chi connectivity index (χ3v) is 6.43. The number of carbonyl (C=O) groups is 2. The number of anilines is 1. The summed E-state index contributed by atoms with van der Waals surface area (Å²) >= 11 is 12.5. The minimum Gasteiger partial charge on any atom is -0.493 e. The molecule has 5 rings (SSSR count). The highest BCUT2D eigenvalue weighted by Crippen LogP contribution is 2.41. The van der Waals surface area contributed by atoms with E-state index in [9.17, 15) is 14.7 Å². The molecule has 1 aliphatic heterocycles. The molecular weight excluding hydrogens is 515 g/mol. The molecule has 2 N–H and O–H groups in total. The number of halogens is 2. The van der Waals surface area contributed by atoms with Crippen molar-refractivity contribution in [3.63, 3.8) is 0 Å². The second-order valence-corrected chi connectivity index (χ2v) is 9.25. The van der Waals surface area contributed by atoms with Gasteiger partial charge in [-0.15, -0.1) is 0 Å². The largest absolute Gasteiger partial charge is 0.493 e. The number of pyridine rings is 1. The Morgan fingerprint density at radius 1 is 1.00 bits per heavy atom. The van der Waals surface area contributed by atoms with Gasteiger partial charge in [0.05, 0.1) is 29.4 Å². The molecule has 186 valence electrons. The van der Waals surface area contributed by atoms with E-state index >= 15 is 0 Å². The lowest BCUT2D eigenvalue weighted by atomic mass is 9.93. The number of carboxylic acids is 1. The normalized spacial score (nSPS) is 14.3. The number of carboxylic acid groups (broad SMARTS) is 1. The Balaban J connectivity index is 1.28. The molecule has 1 amide bonds. The molecule has 0 radical (unpaired) electrons. The van der Waals surface area contributed by atoms with Crippen LogP contribution in [0, 0.1) is 0 Å². The van der Waals surface area contributed by atoms with E-state index in [1.54, 1.807) is 54.9 Å². The van der Waals surface area contributed by atoms with Crippen LogP contribution in [0.25, 0.3) is 11.1 Å². The molecular formula is C28H20Cl2N2O5. The zero-order chi connectivity index (χ0) is 25.9. The Labute approximate surface area is 222 Å². The van der Waals surface area contributed by atoms with Crippen LogP contribution < -0.4 is 14.8 Å². The zero-order valence-electron chi connectivity index (χ0n) is 19.3. The van der Waals surface area contributed by atoms with E-state index in [4.69, 9.17) is 32.7 Å². The van der Waals surface area contributed by atoms with E-state index in [0.717, 1.165) is 11.1 Å². The van der Waals surface area contributed by atoms with E-state index in [-0.39, 0.29) is 10.9 Å². The van der Waals surface area contributed by atoms with Gasteiger partial charge in [-0.3, -0.25) is 14.6 Å². The van der Waals surface area contributed by atoms with Crippen LogP contribution in [-0.2, 0) is 4.79 Å². The van der Waals surface area contributed by atoms with Crippen molar-refractivity contribution in [2.75, 3.05) is 11.9 Å². The van der Waals surface area contributed by atoms with Crippen molar-refractivity contribution in [3.05, 3.63) is 100 Å². The first-order valence-corrected chi connectivity index (χ1v) is 12.1. The summed E-state index contributed by atoms with van der Waals surface area (Å²) in [6.07, 6.45) is 3.65. The molecule has 0 saturated heterocycles. The number of amides is 1. The first-order valence-electron chi connectivity index (χ1n) is 11.4. The number of hydrogen-bond donors (Lipinski definition) is 2. The van der Waals surface area contributed by atoms with Crippen LogP contribution in [0.1, 0.15) is 28.3 Å². The number of hydrogen-bond acceptors (Lipinski definition) is 5. The van der Waals surface area contributed by atoms with Gasteiger partial charge in [0.25, 0.3) is 5.91 Å². The number of benzene rings is 3. The maximum atomic E-state index is 12.8. The van der Waals surface area contributed by atoms with E-state index in [1.165, 1.54) is 0 Å². The molecule has 3 aromatic carbocycles. The fourth-order valence-electron chi connectivity index (χ4n) is 4.06. The smallest absolute Gasteiger partial charge is 0.311 e. The fraction of sp³-hybridized carbons (Fsp3) is 0.107. The number of aliphatic carboxylic acids is 1. The quantitative estimate of drug-likeness (QED) is 0.275. The van der Waals surface area contributed by atoms with Crippen LogP contribution >= 0.6 is 23.2 Å². The van der Waals surface area contributed by atoms with E-state index in [2.05, 4.69) is 10.3 Å². The van der Waals surface area contributed by atoms with Gasteiger partial charge in [0.1, 0.15) is 17.2 Å². The molecule has 9 heteroatoms. The van der Waals surface area contributed by atoms with E-state index in [1.807, 2.05) is 24.3 Å². The fourth-order valence-corrected chi connectivity index (χ4v) is 4.46. The summed E-state index contributed by atoms with van der Waals surface area (Å²) < 4.78 is 11.5. The molecule has 0 bridgehead atoms. The number of aromatic nitrogens is 1. The molecule has 1 aliphatic rings. The molecule has 1 unspecified atom stereocenters. The van der Waals surface area contributed by atoms with Gasteiger partial charge in [0.15, 0.2) is 0 Å². The van der Waals surface area contributed by atoms with Crippen molar-refractivity contribution < 1.29 is 24.2 Å². The maximum absolute atomic E-state index is 12.8. The standard InChI is InChI=1S/C28H20Cl2N2O5/c29-19-3-1-2-17(10-19)18-11-20(15-31-14-18)32-27(33)16-4-6-21(7-5-16)37-26-13-25-23(12-24(26)30)22(28(34)35)8-9-36-25/h1-7,10-15,22H,8-9H2,(H,32,33)(H,34,35). The predicted octanol–water partition coefficient (Wildman–Crippen LogP) is 7.05. The van der Waals surface area contributed by atoms with Gasteiger partial charge in [-0.05, 0) is 60.5 Å². The molecule has 1 aromatic heterocycles. The van der Waals surface area contributed by atoms with Crippen LogP contribution in [-0.4, -0.2) is 28.6 Å². The van der Waals surface area contributed by atoms with Crippen LogP contribution in [0.15, 0.2) is 79.1 Å². The van der Waals surface area contributed by atoms with Gasteiger partial charge in [0, 0.05) is 34.0 Å². The minimum absolute atomic E-state index is 0.268. The lowest BCUT2D eigenvalue weighted by Gasteiger charge is -2.24. The summed E-state index contributed by atoms with van der Waals surface area (Å²) in [6, 6.07) is 18.9. The van der Waals surface area contributed by atoms with E-state index in [0.29, 0.717) is 52.1 Å². The first kappa shape index (κ1) is 24.6. The molecule has 0 spiro atoms. The molecule has 37 heavy (non-hydrogen) atoms. The minimum atomic E-state index is -0.921. The second-order valence-electron chi connectivity index (χ2n) is 8.40. The Bertz CT molecular complexity index is 1490. The lowest BCUT2D eigenvalue weighted by Crippen LogP contribution is -2.20. The summed E-state index contributed by atoms with van der Waals surface area (Å²) in [5.41, 5.74) is 3.21. The number of rotatable bonds is 6. The highest BCUT2D eigenvalue weighted by Gasteiger charge is 2.29. The van der Waals surface area contributed by atoms with Crippen molar-refractivity contribution >= 4 is 40.8 Å². The third kappa shape index (κ3) is 5.53. The average Bonchev–Trinajstić information content (AvgIpc) is 2.89. The van der Waals surface area contributed by atoms with Crippen molar-refractivity contribution in [3.8, 4) is 28.4 Å². The topological polar surface area (TPSA) is 97.8 Å². The van der Waals surface area contributed by atoms with Crippen LogP contribution in [0.2, 0.25) is 10.0 Å². The van der Waals surface area contributed by atoms with Crippen molar-refractivity contribution in [2.45, 2.75) is 12.3 Å². The van der Waals surface area contributed by atoms with Crippen LogP contribution in [0.3, 0.4) is 0 Å². The highest BCUT2D eigenvalue weighted by atomic mass is 35.5. The first-order chi connectivity index (χ1) is 17.9. The number of carbonyl (C=O) groups excluding carboxylic acids is 1. The van der Waals surface area contributed by atoms with Crippen LogP contribution in [0.4, 0.5) is 5.69 Å². The van der Waals surface area contributed by atoms with Crippen molar-refractivity contribution in [1.82, 2.24) is 4.98 Å². The number of nitrogens with one attached hydrogen (secondary N) is 1. The Morgan fingerprint density at radius 2 is 1.81 bits per heavy atom. The maximum Gasteiger partial charge on any atom is 0.311 e. The monoisotopic (exact) mass is 534 g/mol. The Morgan fingerprint density at radius 3 is 2.57 bits per heavy atom. The summed E-state index contributed by atoms with van der Waals surface area (Å²) in [6.45, 7) is 0.298. The van der Waals surface area contributed by atoms with Gasteiger partial charge in [-0.25, -0.2) is 0 Å². The van der Waals surface area contributed by atoms with Gasteiger partial charge < -0.3 is 19.9 Å². The van der Waals surface area contributed by atoms with Crippen molar-refractivity contribution in [1.29, 1.82) is 0 Å². The molecule has 7 nitrogen and oxygen atoms in total. The van der Waals surface area contributed by atoms with E-state index < -0.39 is 11.9 Å². The zero-order valence-corrected chi connectivity index (χ0v) is 20.8. The Hall–Kier alpha value is -4.07.